The molecule has 1 heterocycles. The summed E-state index contributed by atoms with van der Waals surface area (Å²) in [6, 6.07) is 9.34. The van der Waals surface area contributed by atoms with Crippen LogP contribution in [-0.2, 0) is 21.0 Å². The normalized spacial score (nSPS) is 16.6. The molecule has 1 aliphatic heterocycles. The van der Waals surface area contributed by atoms with E-state index in [1.54, 1.807) is 0 Å². The summed E-state index contributed by atoms with van der Waals surface area (Å²) in [5.41, 5.74) is -0.854. The van der Waals surface area contributed by atoms with Crippen molar-refractivity contribution in [3.05, 3.63) is 59.9 Å². The minimum Gasteiger partial charge on any atom is -0.326 e. The molecule has 10 heteroatoms. The van der Waals surface area contributed by atoms with E-state index >= 15 is 0 Å². The Kier molecular flexibility index (Phi) is 5.95. The molecule has 156 valence electrons. The molecule has 1 amide bonds. The second-order valence-corrected chi connectivity index (χ2v) is 8.58. The number of benzene rings is 2. The van der Waals surface area contributed by atoms with Gasteiger partial charge in [-0.3, -0.25) is 4.79 Å². The lowest BCUT2D eigenvalue weighted by atomic mass is 9.97. The number of nitrogens with zero attached hydrogens (tertiary/aromatic N) is 1. The summed E-state index contributed by atoms with van der Waals surface area (Å²) in [7, 11) is -4.02. The van der Waals surface area contributed by atoms with Crippen molar-refractivity contribution in [3.63, 3.8) is 0 Å². The lowest BCUT2D eigenvalue weighted by molar-refractivity contribution is -0.137. The molecule has 1 aliphatic rings. The van der Waals surface area contributed by atoms with Gasteiger partial charge >= 0.3 is 6.18 Å². The molecule has 0 bridgehead atoms. The number of anilines is 1. The van der Waals surface area contributed by atoms with Crippen molar-refractivity contribution in [1.82, 2.24) is 4.31 Å². The summed E-state index contributed by atoms with van der Waals surface area (Å²) in [6.07, 6.45) is -4.16. The number of rotatable bonds is 4. The van der Waals surface area contributed by atoms with Crippen molar-refractivity contribution >= 4 is 21.6 Å². The maximum Gasteiger partial charge on any atom is 0.416 e. The number of hydrogen-bond donors (Lipinski definition) is 1. The number of alkyl halides is 3. The molecule has 0 radical (unpaired) electrons. The molecule has 2 aromatic rings. The molecule has 0 aromatic heterocycles. The first kappa shape index (κ1) is 21.3. The zero-order valence-electron chi connectivity index (χ0n) is 15.1. The van der Waals surface area contributed by atoms with Crippen molar-refractivity contribution < 1.29 is 30.8 Å². The third-order valence-corrected chi connectivity index (χ3v) is 6.67. The molecule has 1 saturated heterocycles. The number of sulfonamides is 1. The number of halogens is 4. The van der Waals surface area contributed by atoms with Gasteiger partial charge in [0.15, 0.2) is 0 Å². The third kappa shape index (κ3) is 4.76. The second-order valence-electron chi connectivity index (χ2n) is 6.68. The molecule has 5 nitrogen and oxygen atoms in total. The van der Waals surface area contributed by atoms with E-state index in [1.807, 2.05) is 0 Å². The minimum atomic E-state index is -4.52. The number of carbonyl (C=O) groups excluding carboxylic acids is 1. The first-order valence-electron chi connectivity index (χ1n) is 8.82. The van der Waals surface area contributed by atoms with Crippen LogP contribution in [0.5, 0.6) is 0 Å². The quantitative estimate of drug-likeness (QED) is 0.749. The van der Waals surface area contributed by atoms with Crippen molar-refractivity contribution in [1.29, 1.82) is 0 Å². The van der Waals surface area contributed by atoms with Gasteiger partial charge in [0, 0.05) is 24.7 Å². The molecule has 0 unspecified atom stereocenters. The van der Waals surface area contributed by atoms with Gasteiger partial charge in [-0.05, 0) is 43.2 Å². The zero-order chi connectivity index (χ0) is 21.2. The number of nitrogens with one attached hydrogen (secondary N) is 1. The SMILES string of the molecule is O=C(Nc1cccc(C(F)(F)F)c1)C1CCN(S(=O)(=O)c2ccccc2F)CC1. The van der Waals surface area contributed by atoms with Gasteiger partial charge in [-0.15, -0.1) is 0 Å². The second kappa shape index (κ2) is 8.11. The van der Waals surface area contributed by atoms with Crippen LogP contribution in [0.15, 0.2) is 53.4 Å². The predicted octanol–water partition coefficient (Wildman–Crippen LogP) is 3.88. The predicted molar refractivity (Wildman–Crippen MR) is 98.0 cm³/mol. The average Bonchev–Trinajstić information content (AvgIpc) is 2.68. The smallest absolute Gasteiger partial charge is 0.326 e. The van der Waals surface area contributed by atoms with Crippen LogP contribution in [0, 0.1) is 11.7 Å². The zero-order valence-corrected chi connectivity index (χ0v) is 15.9. The highest BCUT2D eigenvalue weighted by Crippen LogP contribution is 2.31. The summed E-state index contributed by atoms with van der Waals surface area (Å²) < 4.78 is 78.5. The lowest BCUT2D eigenvalue weighted by Crippen LogP contribution is -2.41. The van der Waals surface area contributed by atoms with Gasteiger partial charge in [-0.2, -0.15) is 17.5 Å². The lowest BCUT2D eigenvalue weighted by Gasteiger charge is -2.30. The number of amides is 1. The molecule has 1 fully saturated rings. The number of piperidine rings is 1. The first-order valence-corrected chi connectivity index (χ1v) is 10.3. The Hall–Kier alpha value is -2.46. The van der Waals surface area contributed by atoms with E-state index < -0.39 is 44.3 Å². The van der Waals surface area contributed by atoms with Crippen LogP contribution in [0.4, 0.5) is 23.2 Å². The fraction of sp³-hybridized carbons (Fsp3) is 0.316. The van der Waals surface area contributed by atoms with Crippen LogP contribution in [0.3, 0.4) is 0 Å². The van der Waals surface area contributed by atoms with E-state index in [4.69, 9.17) is 0 Å². The van der Waals surface area contributed by atoms with E-state index in [-0.39, 0.29) is 31.6 Å². The van der Waals surface area contributed by atoms with Gasteiger partial charge in [0.25, 0.3) is 0 Å². The summed E-state index contributed by atoms with van der Waals surface area (Å²) >= 11 is 0. The van der Waals surface area contributed by atoms with Crippen LogP contribution >= 0.6 is 0 Å². The summed E-state index contributed by atoms with van der Waals surface area (Å²) in [5.74, 6) is -1.89. The average molecular weight is 430 g/mol. The molecule has 29 heavy (non-hydrogen) atoms. The fourth-order valence-corrected chi connectivity index (χ4v) is 4.70. The molecule has 0 aliphatic carbocycles. The van der Waals surface area contributed by atoms with Gasteiger partial charge in [0.1, 0.15) is 10.7 Å². The standard InChI is InChI=1S/C19H18F4N2O3S/c20-16-6-1-2-7-17(16)29(27,28)25-10-8-13(9-11-25)18(26)24-15-5-3-4-14(12-15)19(21,22)23/h1-7,12-13H,8-11H2,(H,24,26). The minimum absolute atomic E-state index is 0.0113. The van der Waals surface area contributed by atoms with Crippen molar-refractivity contribution in [2.75, 3.05) is 18.4 Å². The largest absolute Gasteiger partial charge is 0.416 e. The molecule has 0 saturated carbocycles. The highest BCUT2D eigenvalue weighted by molar-refractivity contribution is 7.89. The van der Waals surface area contributed by atoms with E-state index in [0.29, 0.717) is 0 Å². The first-order chi connectivity index (χ1) is 13.6. The number of hydrogen-bond acceptors (Lipinski definition) is 3. The van der Waals surface area contributed by atoms with Crippen molar-refractivity contribution in [2.45, 2.75) is 23.9 Å². The van der Waals surface area contributed by atoms with Crippen LogP contribution in [0.1, 0.15) is 18.4 Å². The molecule has 1 N–H and O–H groups in total. The topological polar surface area (TPSA) is 66.5 Å². The Morgan fingerprint density at radius 3 is 2.31 bits per heavy atom. The van der Waals surface area contributed by atoms with Gasteiger partial charge in [-0.25, -0.2) is 12.8 Å². The summed E-state index contributed by atoms with van der Waals surface area (Å²) in [5, 5.41) is 2.45. The van der Waals surface area contributed by atoms with Crippen molar-refractivity contribution in [3.8, 4) is 0 Å². The van der Waals surface area contributed by atoms with Gasteiger partial charge in [0.05, 0.1) is 5.56 Å². The van der Waals surface area contributed by atoms with E-state index in [2.05, 4.69) is 5.32 Å². The molecule has 0 spiro atoms. The van der Waals surface area contributed by atoms with Crippen LogP contribution in [0.25, 0.3) is 0 Å². The van der Waals surface area contributed by atoms with Gasteiger partial charge in [0.2, 0.25) is 15.9 Å². The highest BCUT2D eigenvalue weighted by atomic mass is 32.2. The molecular weight excluding hydrogens is 412 g/mol. The van der Waals surface area contributed by atoms with E-state index in [9.17, 15) is 30.8 Å². The Labute approximate surface area is 165 Å². The summed E-state index contributed by atoms with van der Waals surface area (Å²) in [6.45, 7) is 0.0225. The Bertz CT molecular complexity index is 1000. The monoisotopic (exact) mass is 430 g/mol. The molecule has 2 aromatic carbocycles. The van der Waals surface area contributed by atoms with E-state index in [1.165, 1.54) is 30.3 Å². The fourth-order valence-electron chi connectivity index (χ4n) is 3.17. The van der Waals surface area contributed by atoms with Crippen LogP contribution < -0.4 is 5.32 Å². The van der Waals surface area contributed by atoms with Crippen LogP contribution in [0.2, 0.25) is 0 Å². The maximum absolute atomic E-state index is 13.9. The summed E-state index contributed by atoms with van der Waals surface area (Å²) in [4.78, 5) is 12.0. The Balaban J connectivity index is 1.64. The van der Waals surface area contributed by atoms with Crippen molar-refractivity contribution in [2.24, 2.45) is 5.92 Å². The Morgan fingerprint density at radius 1 is 1.03 bits per heavy atom. The van der Waals surface area contributed by atoms with E-state index in [0.717, 1.165) is 22.5 Å². The molecule has 0 atom stereocenters. The van der Waals surface area contributed by atoms with Crippen LogP contribution in [-0.4, -0.2) is 31.7 Å². The Morgan fingerprint density at radius 2 is 1.69 bits per heavy atom. The van der Waals surface area contributed by atoms with Gasteiger partial charge in [-0.1, -0.05) is 18.2 Å². The molecular formula is C19H18F4N2O3S. The number of carbonyl (C=O) groups is 1. The maximum atomic E-state index is 13.9. The third-order valence-electron chi connectivity index (χ3n) is 4.74. The highest BCUT2D eigenvalue weighted by Gasteiger charge is 2.34. The van der Waals surface area contributed by atoms with Gasteiger partial charge < -0.3 is 5.32 Å². The molecule has 3 rings (SSSR count).